The molecule has 4 nitrogen and oxygen atoms in total. The van der Waals surface area contributed by atoms with Crippen LogP contribution in [0.3, 0.4) is 0 Å². The second kappa shape index (κ2) is 7.24. The van der Waals surface area contributed by atoms with Crippen molar-refractivity contribution in [1.82, 2.24) is 10.0 Å². The smallest absolute Gasteiger partial charge is 0.240 e. The van der Waals surface area contributed by atoms with Crippen LogP contribution in [-0.2, 0) is 16.6 Å². The Hall–Kier alpha value is -0.620. The third-order valence-corrected chi connectivity index (χ3v) is 4.48. The van der Waals surface area contributed by atoms with Crippen LogP contribution in [0.5, 0.6) is 0 Å². The van der Waals surface area contributed by atoms with Gasteiger partial charge in [0.05, 0.1) is 4.90 Å². The van der Waals surface area contributed by atoms with E-state index in [1.807, 2.05) is 0 Å². The van der Waals surface area contributed by atoms with Gasteiger partial charge in [-0.25, -0.2) is 13.1 Å². The molecule has 0 saturated carbocycles. The molecule has 0 aliphatic carbocycles. The summed E-state index contributed by atoms with van der Waals surface area (Å²) in [5, 5.41) is 3.70. The summed E-state index contributed by atoms with van der Waals surface area (Å²) in [5.41, 5.74) is 0.901. The molecule has 0 bridgehead atoms. The molecule has 0 saturated heterocycles. The van der Waals surface area contributed by atoms with Gasteiger partial charge in [-0.3, -0.25) is 0 Å². The van der Waals surface area contributed by atoms with Gasteiger partial charge in [0.25, 0.3) is 0 Å². The van der Waals surface area contributed by atoms with Crippen molar-refractivity contribution in [3.8, 4) is 0 Å². The number of sulfonamides is 1. The van der Waals surface area contributed by atoms with E-state index in [-0.39, 0.29) is 10.9 Å². The van der Waals surface area contributed by atoms with E-state index in [1.165, 1.54) is 6.07 Å². The number of halogens is 1. The average molecular weight is 305 g/mol. The zero-order chi connectivity index (χ0) is 14.5. The molecule has 2 N–H and O–H groups in total. The fraction of sp³-hybridized carbons (Fsp3) is 0.538. The first-order chi connectivity index (χ1) is 8.86. The number of benzene rings is 1. The lowest BCUT2D eigenvalue weighted by Crippen LogP contribution is -2.30. The molecule has 1 aromatic carbocycles. The predicted octanol–water partition coefficient (Wildman–Crippen LogP) is 2.53. The highest BCUT2D eigenvalue weighted by Gasteiger charge is 2.16. The third-order valence-electron chi connectivity index (χ3n) is 2.47. The molecule has 0 radical (unpaired) electrons. The maximum Gasteiger partial charge on any atom is 0.240 e. The van der Waals surface area contributed by atoms with Gasteiger partial charge in [0.2, 0.25) is 10.0 Å². The molecule has 0 aliphatic rings. The molecule has 0 aliphatic heterocycles. The zero-order valence-corrected chi connectivity index (χ0v) is 13.1. The highest BCUT2D eigenvalue weighted by molar-refractivity contribution is 7.89. The van der Waals surface area contributed by atoms with Crippen LogP contribution in [0.25, 0.3) is 0 Å². The van der Waals surface area contributed by atoms with E-state index in [4.69, 9.17) is 11.6 Å². The molecule has 0 atom stereocenters. The van der Waals surface area contributed by atoms with E-state index >= 15 is 0 Å². The van der Waals surface area contributed by atoms with Crippen LogP contribution in [0.15, 0.2) is 23.1 Å². The Balaban J connectivity index is 2.87. The standard InChI is InChI=1S/C13H21ClN2O2S/c1-4-7-15-9-11-5-6-12(8-13(11)14)19(17,18)16-10(2)3/h5-6,8,10,15-16H,4,7,9H2,1-3H3. The van der Waals surface area contributed by atoms with Crippen molar-refractivity contribution in [2.45, 2.75) is 44.7 Å². The molecule has 1 rings (SSSR count). The summed E-state index contributed by atoms with van der Waals surface area (Å²) >= 11 is 6.12. The van der Waals surface area contributed by atoms with E-state index in [9.17, 15) is 8.42 Å². The summed E-state index contributed by atoms with van der Waals surface area (Å²) in [4.78, 5) is 0.199. The number of rotatable bonds is 7. The normalized spacial score (nSPS) is 12.1. The summed E-state index contributed by atoms with van der Waals surface area (Å²) in [6.07, 6.45) is 1.04. The topological polar surface area (TPSA) is 58.2 Å². The zero-order valence-electron chi connectivity index (χ0n) is 11.5. The van der Waals surface area contributed by atoms with E-state index in [0.717, 1.165) is 18.5 Å². The van der Waals surface area contributed by atoms with Crippen molar-refractivity contribution in [3.05, 3.63) is 28.8 Å². The molecule has 0 aromatic heterocycles. The van der Waals surface area contributed by atoms with Crippen LogP contribution in [0, 0.1) is 0 Å². The van der Waals surface area contributed by atoms with Crippen molar-refractivity contribution >= 4 is 21.6 Å². The molecule has 0 amide bonds. The van der Waals surface area contributed by atoms with E-state index in [0.29, 0.717) is 11.6 Å². The van der Waals surface area contributed by atoms with Gasteiger partial charge in [0.15, 0.2) is 0 Å². The van der Waals surface area contributed by atoms with Gasteiger partial charge in [-0.1, -0.05) is 24.6 Å². The first kappa shape index (κ1) is 16.4. The molecule has 19 heavy (non-hydrogen) atoms. The van der Waals surface area contributed by atoms with Crippen molar-refractivity contribution in [3.63, 3.8) is 0 Å². The summed E-state index contributed by atoms with van der Waals surface area (Å²) < 4.78 is 26.5. The lowest BCUT2D eigenvalue weighted by atomic mass is 10.2. The molecular formula is C13H21ClN2O2S. The molecule has 0 fully saturated rings. The second-order valence-electron chi connectivity index (χ2n) is 4.71. The van der Waals surface area contributed by atoms with Crippen LogP contribution in [-0.4, -0.2) is 21.0 Å². The predicted molar refractivity (Wildman–Crippen MR) is 78.9 cm³/mol. The summed E-state index contributed by atoms with van der Waals surface area (Å²) in [5.74, 6) is 0. The van der Waals surface area contributed by atoms with Gasteiger partial charge in [0, 0.05) is 17.6 Å². The molecule has 1 aromatic rings. The third kappa shape index (κ3) is 5.10. The molecule has 6 heteroatoms. The number of hydrogen-bond acceptors (Lipinski definition) is 3. The quantitative estimate of drug-likeness (QED) is 0.761. The number of hydrogen-bond donors (Lipinski definition) is 2. The van der Waals surface area contributed by atoms with Gasteiger partial charge in [-0.2, -0.15) is 0 Å². The lowest BCUT2D eigenvalue weighted by Gasteiger charge is -2.11. The lowest BCUT2D eigenvalue weighted by molar-refractivity contribution is 0.570. The highest BCUT2D eigenvalue weighted by Crippen LogP contribution is 2.21. The fourth-order valence-electron chi connectivity index (χ4n) is 1.62. The van der Waals surface area contributed by atoms with Crippen LogP contribution in [0.2, 0.25) is 5.02 Å². The van der Waals surface area contributed by atoms with Crippen LogP contribution in [0.4, 0.5) is 0 Å². The van der Waals surface area contributed by atoms with Crippen molar-refractivity contribution in [1.29, 1.82) is 0 Å². The Bertz CT molecular complexity index is 515. The summed E-state index contributed by atoms with van der Waals surface area (Å²) in [6.45, 7) is 7.20. The van der Waals surface area contributed by atoms with Crippen LogP contribution < -0.4 is 10.0 Å². The maximum atomic E-state index is 12.0. The van der Waals surface area contributed by atoms with E-state index < -0.39 is 10.0 Å². The first-order valence-corrected chi connectivity index (χ1v) is 8.24. The Morgan fingerprint density at radius 1 is 1.32 bits per heavy atom. The fourth-order valence-corrected chi connectivity index (χ4v) is 3.21. The number of nitrogens with one attached hydrogen (secondary N) is 2. The second-order valence-corrected chi connectivity index (χ2v) is 6.83. The van der Waals surface area contributed by atoms with Gasteiger partial charge in [-0.15, -0.1) is 0 Å². The summed E-state index contributed by atoms with van der Waals surface area (Å²) in [6, 6.07) is 4.68. The minimum atomic E-state index is -3.48. The van der Waals surface area contributed by atoms with E-state index in [2.05, 4.69) is 17.0 Å². The van der Waals surface area contributed by atoms with Crippen molar-refractivity contribution < 1.29 is 8.42 Å². The highest BCUT2D eigenvalue weighted by atomic mass is 35.5. The van der Waals surface area contributed by atoms with E-state index in [1.54, 1.807) is 26.0 Å². The Morgan fingerprint density at radius 2 is 2.00 bits per heavy atom. The Labute approximate surface area is 120 Å². The SMILES string of the molecule is CCCNCc1ccc(S(=O)(=O)NC(C)C)cc1Cl. The molecule has 0 spiro atoms. The first-order valence-electron chi connectivity index (χ1n) is 6.38. The average Bonchev–Trinajstić information content (AvgIpc) is 2.29. The molecule has 0 heterocycles. The Kier molecular flexibility index (Phi) is 6.26. The maximum absolute atomic E-state index is 12.0. The minimum absolute atomic E-state index is 0.144. The Morgan fingerprint density at radius 3 is 2.53 bits per heavy atom. The van der Waals surface area contributed by atoms with Crippen LogP contribution in [0.1, 0.15) is 32.8 Å². The van der Waals surface area contributed by atoms with Gasteiger partial charge < -0.3 is 5.32 Å². The van der Waals surface area contributed by atoms with Crippen LogP contribution >= 0.6 is 11.6 Å². The van der Waals surface area contributed by atoms with Crippen molar-refractivity contribution in [2.75, 3.05) is 6.54 Å². The molecule has 0 unspecified atom stereocenters. The monoisotopic (exact) mass is 304 g/mol. The molecule has 108 valence electrons. The van der Waals surface area contributed by atoms with Gasteiger partial charge in [0.1, 0.15) is 0 Å². The largest absolute Gasteiger partial charge is 0.313 e. The summed E-state index contributed by atoms with van der Waals surface area (Å²) in [7, 11) is -3.48. The van der Waals surface area contributed by atoms with Gasteiger partial charge >= 0.3 is 0 Å². The van der Waals surface area contributed by atoms with Gasteiger partial charge in [-0.05, 0) is 44.5 Å². The minimum Gasteiger partial charge on any atom is -0.313 e. The molecular weight excluding hydrogens is 284 g/mol. The van der Waals surface area contributed by atoms with Crippen molar-refractivity contribution in [2.24, 2.45) is 0 Å².